The van der Waals surface area contributed by atoms with Crippen LogP contribution < -0.4 is 10.5 Å². The largest absolute Gasteiger partial charge is 0.470 e. The van der Waals surface area contributed by atoms with Crippen LogP contribution in [0.2, 0.25) is 0 Å². The second-order valence-corrected chi connectivity index (χ2v) is 7.07. The number of rotatable bonds is 0. The fourth-order valence-corrected chi connectivity index (χ4v) is 3.65. The zero-order valence-electron chi connectivity index (χ0n) is 18.7. The molecule has 5 rings (SSSR count). The van der Waals surface area contributed by atoms with Crippen molar-refractivity contribution in [2.45, 2.75) is 20.5 Å². The monoisotopic (exact) mass is 457 g/mol. The van der Waals surface area contributed by atoms with Crippen LogP contribution in [0.3, 0.4) is 0 Å². The van der Waals surface area contributed by atoms with Crippen molar-refractivity contribution >= 4 is 11.6 Å². The van der Waals surface area contributed by atoms with E-state index in [0.29, 0.717) is 16.8 Å². The smallest absolute Gasteiger partial charge is 0.258 e. The molecule has 2 N–H and O–H groups in total. The summed E-state index contributed by atoms with van der Waals surface area (Å²) in [4.78, 5) is 26.5. The van der Waals surface area contributed by atoms with Crippen molar-refractivity contribution in [3.8, 4) is 34.5 Å². The van der Waals surface area contributed by atoms with Crippen LogP contribution in [0.1, 0.15) is 41.2 Å². The van der Waals surface area contributed by atoms with Crippen LogP contribution in [0.5, 0.6) is 5.88 Å². The van der Waals surface area contributed by atoms with Gasteiger partial charge in [0.1, 0.15) is 29.9 Å². The summed E-state index contributed by atoms with van der Waals surface area (Å²) < 4.78 is 21.1. The third-order valence-corrected chi connectivity index (χ3v) is 5.13. The Morgan fingerprint density at radius 2 is 1.97 bits per heavy atom. The van der Waals surface area contributed by atoms with Gasteiger partial charge in [-0.1, -0.05) is 13.8 Å². The molecule has 4 heterocycles. The van der Waals surface area contributed by atoms with Gasteiger partial charge in [0.05, 0.1) is 28.7 Å². The Balaban J connectivity index is 0.00000133. The number of anilines is 1. The molecule has 0 aliphatic carbocycles. The number of ketones is 1. The second kappa shape index (κ2) is 9.07. The van der Waals surface area contributed by atoms with Gasteiger partial charge in [-0.05, 0) is 30.3 Å². The van der Waals surface area contributed by atoms with E-state index in [-0.39, 0.29) is 46.5 Å². The topological polar surface area (TPSA) is 133 Å². The molecule has 3 aromatic heterocycles. The van der Waals surface area contributed by atoms with Gasteiger partial charge in [-0.15, -0.1) is 0 Å². The fraction of sp³-hybridized carbons (Fsp3) is 0.167. The Labute approximate surface area is 194 Å². The maximum absolute atomic E-state index is 14.0. The van der Waals surface area contributed by atoms with Gasteiger partial charge in [-0.2, -0.15) is 10.4 Å². The molecule has 9 nitrogen and oxygen atoms in total. The lowest BCUT2D eigenvalue weighted by Crippen LogP contribution is -2.11. The summed E-state index contributed by atoms with van der Waals surface area (Å²) >= 11 is 0. The first-order chi connectivity index (χ1) is 16.5. The summed E-state index contributed by atoms with van der Waals surface area (Å²) in [5.41, 5.74) is 8.02. The Kier molecular flexibility index (Phi) is 6.01. The van der Waals surface area contributed by atoms with Crippen molar-refractivity contribution in [3.63, 3.8) is 0 Å². The number of carbonyl (C=O) groups excluding carboxylic acids is 1. The molecule has 2 bridgehead atoms. The highest BCUT2D eigenvalue weighted by Crippen LogP contribution is 2.34. The van der Waals surface area contributed by atoms with Gasteiger partial charge in [-0.3, -0.25) is 14.5 Å². The van der Waals surface area contributed by atoms with Gasteiger partial charge in [-0.25, -0.2) is 14.4 Å². The number of nitriles is 1. The number of hydrogen-bond acceptors (Lipinski definition) is 8. The zero-order valence-corrected chi connectivity index (χ0v) is 18.7. The van der Waals surface area contributed by atoms with Crippen LogP contribution in [-0.2, 0) is 13.7 Å². The maximum Gasteiger partial charge on any atom is 0.258 e. The van der Waals surface area contributed by atoms with Crippen molar-refractivity contribution < 1.29 is 13.9 Å². The molecule has 0 atom stereocenters. The SMILES string of the molecule is CC.Cn1nc2c(c1C#N)-c1cnc(N)c(n1)OCc1cc(F)ccc1-c1ncccc1C2=O. The number of aromatic nitrogens is 5. The molecule has 1 aromatic carbocycles. The van der Waals surface area contributed by atoms with Crippen molar-refractivity contribution in [1.82, 2.24) is 24.7 Å². The van der Waals surface area contributed by atoms with Crippen LogP contribution in [0, 0.1) is 17.1 Å². The van der Waals surface area contributed by atoms with Crippen molar-refractivity contribution in [2.75, 3.05) is 5.73 Å². The number of ether oxygens (including phenoxy) is 1. The van der Waals surface area contributed by atoms with Crippen LogP contribution in [0.25, 0.3) is 22.5 Å². The molecule has 1 aliphatic heterocycles. The van der Waals surface area contributed by atoms with Gasteiger partial charge in [0.2, 0.25) is 5.78 Å². The quantitative estimate of drug-likeness (QED) is 0.423. The number of aryl methyl sites for hydroxylation is 1. The Bertz CT molecular complexity index is 1460. The van der Waals surface area contributed by atoms with Gasteiger partial charge in [0.25, 0.3) is 5.88 Å². The van der Waals surface area contributed by atoms with E-state index in [4.69, 9.17) is 10.5 Å². The van der Waals surface area contributed by atoms with E-state index in [1.165, 1.54) is 35.3 Å². The van der Waals surface area contributed by atoms with E-state index in [1.54, 1.807) is 19.2 Å². The van der Waals surface area contributed by atoms with E-state index < -0.39 is 11.6 Å². The predicted octanol–water partition coefficient (Wildman–Crippen LogP) is 3.68. The molecule has 34 heavy (non-hydrogen) atoms. The van der Waals surface area contributed by atoms with Crippen molar-refractivity contribution in [3.05, 3.63) is 71.1 Å². The Morgan fingerprint density at radius 3 is 2.74 bits per heavy atom. The van der Waals surface area contributed by atoms with E-state index in [0.717, 1.165) is 0 Å². The first kappa shape index (κ1) is 22.5. The minimum atomic E-state index is -0.471. The average molecular weight is 457 g/mol. The summed E-state index contributed by atoms with van der Waals surface area (Å²) in [6, 6.07) is 9.40. The molecular formula is C24H20FN7O2. The Hall–Kier alpha value is -4.65. The molecule has 0 amide bonds. The van der Waals surface area contributed by atoms with Gasteiger partial charge >= 0.3 is 0 Å². The number of nitrogens with two attached hydrogens (primary N) is 1. The molecule has 170 valence electrons. The molecule has 10 heteroatoms. The molecule has 0 radical (unpaired) electrons. The molecule has 0 fully saturated rings. The Morgan fingerprint density at radius 1 is 1.18 bits per heavy atom. The lowest BCUT2D eigenvalue weighted by Gasteiger charge is -2.15. The molecule has 1 aliphatic rings. The summed E-state index contributed by atoms with van der Waals surface area (Å²) in [6.45, 7) is 3.91. The molecular weight excluding hydrogens is 437 g/mol. The van der Waals surface area contributed by atoms with Crippen LogP contribution in [0.15, 0.2) is 42.7 Å². The number of carbonyl (C=O) groups is 1. The standard InChI is InChI=1S/C22H14FN7O2.C2H6/c1-30-16(8-24)17-15-9-27-21(25)22(28-15)32-10-11-7-12(23)4-5-13(11)18-14(3-2-6-26-18)20(31)19(17)29-30;1-2/h2-7,9H,10H2,1H3,(H2,25,27);1-2H3. The van der Waals surface area contributed by atoms with E-state index >= 15 is 0 Å². The lowest BCUT2D eigenvalue weighted by molar-refractivity contribution is 0.103. The highest BCUT2D eigenvalue weighted by Gasteiger charge is 2.29. The van der Waals surface area contributed by atoms with Crippen LogP contribution in [-0.4, -0.2) is 30.5 Å². The van der Waals surface area contributed by atoms with E-state index in [2.05, 4.69) is 26.1 Å². The number of halogens is 1. The van der Waals surface area contributed by atoms with Gasteiger partial charge in [0.15, 0.2) is 5.82 Å². The molecule has 0 saturated carbocycles. The summed E-state index contributed by atoms with van der Waals surface area (Å²) in [5, 5.41) is 14.0. The van der Waals surface area contributed by atoms with E-state index in [9.17, 15) is 14.4 Å². The van der Waals surface area contributed by atoms with E-state index in [1.807, 2.05) is 13.8 Å². The normalized spacial score (nSPS) is 11.8. The molecule has 0 saturated heterocycles. The van der Waals surface area contributed by atoms with Crippen LogP contribution >= 0.6 is 0 Å². The first-order valence-corrected chi connectivity index (χ1v) is 10.5. The highest BCUT2D eigenvalue weighted by atomic mass is 19.1. The molecule has 0 spiro atoms. The molecule has 4 aromatic rings. The number of nitrogen functional groups attached to an aromatic ring is 1. The van der Waals surface area contributed by atoms with Crippen LogP contribution in [0.4, 0.5) is 10.2 Å². The highest BCUT2D eigenvalue weighted by molar-refractivity contribution is 6.14. The average Bonchev–Trinajstić information content (AvgIpc) is 3.20. The summed E-state index contributed by atoms with van der Waals surface area (Å²) in [5.74, 6) is -0.929. The first-order valence-electron chi connectivity index (χ1n) is 10.5. The number of nitrogens with zero attached hydrogens (tertiary/aromatic N) is 6. The van der Waals surface area contributed by atoms with Crippen molar-refractivity contribution in [1.29, 1.82) is 5.26 Å². The minimum Gasteiger partial charge on any atom is -0.470 e. The fourth-order valence-electron chi connectivity index (χ4n) is 3.65. The van der Waals surface area contributed by atoms with Gasteiger partial charge in [0, 0.05) is 24.4 Å². The summed E-state index contributed by atoms with van der Waals surface area (Å²) in [7, 11) is 1.56. The van der Waals surface area contributed by atoms with Gasteiger partial charge < -0.3 is 10.5 Å². The molecule has 0 unspecified atom stereocenters. The lowest BCUT2D eigenvalue weighted by atomic mass is 9.95. The minimum absolute atomic E-state index is 0.00700. The predicted molar refractivity (Wildman–Crippen MR) is 122 cm³/mol. The summed E-state index contributed by atoms with van der Waals surface area (Å²) in [6.07, 6.45) is 2.89. The second-order valence-electron chi connectivity index (χ2n) is 7.07. The third kappa shape index (κ3) is 3.73. The van der Waals surface area contributed by atoms with Crippen molar-refractivity contribution in [2.24, 2.45) is 7.05 Å². The number of pyridine rings is 1. The maximum atomic E-state index is 14.0. The number of fused-ring (bicyclic) bond motifs is 7. The number of hydrogen-bond donors (Lipinski definition) is 1. The zero-order chi connectivity index (χ0) is 24.4. The third-order valence-electron chi connectivity index (χ3n) is 5.13. The number of benzene rings is 1.